The molecule has 2 rings (SSSR count). The number of carbonyl (C=O) groups is 1. The van der Waals surface area contributed by atoms with E-state index in [1.54, 1.807) is 0 Å². The van der Waals surface area contributed by atoms with Crippen LogP contribution in [-0.4, -0.2) is 25.5 Å². The van der Waals surface area contributed by atoms with Crippen LogP contribution in [0.25, 0.3) is 0 Å². The van der Waals surface area contributed by atoms with Gasteiger partial charge in [-0.1, -0.05) is 6.07 Å². The Hall–Kier alpha value is -1.06. The number of benzene rings is 1. The van der Waals surface area contributed by atoms with Crippen molar-refractivity contribution in [3.8, 4) is 0 Å². The number of rotatable bonds is 4. The molecule has 0 heterocycles. The molecule has 1 aromatic rings. The zero-order chi connectivity index (χ0) is 12.3. The maximum atomic E-state index is 11.9. The highest BCUT2D eigenvalue weighted by Crippen LogP contribution is 2.22. The zero-order valence-corrected chi connectivity index (χ0v) is 11.8. The maximum absolute atomic E-state index is 11.9. The number of aryl methyl sites for hydroxylation is 2. The fraction of sp³-hybridized carbons (Fsp3) is 0.500. The molecule has 2 N–H and O–H groups in total. The van der Waals surface area contributed by atoms with E-state index in [0.29, 0.717) is 12.6 Å². The molecule has 1 unspecified atom stereocenters. The number of halogens is 1. The van der Waals surface area contributed by atoms with E-state index in [-0.39, 0.29) is 18.3 Å². The van der Waals surface area contributed by atoms with Gasteiger partial charge in [-0.3, -0.25) is 4.79 Å². The summed E-state index contributed by atoms with van der Waals surface area (Å²) in [5, 5.41) is 6.04. The summed E-state index contributed by atoms with van der Waals surface area (Å²) in [5.41, 5.74) is 3.54. The predicted molar refractivity (Wildman–Crippen MR) is 76.6 cm³/mol. The fourth-order valence-corrected chi connectivity index (χ4v) is 2.16. The number of nitrogens with one attached hydrogen (secondary N) is 2. The molecule has 1 aromatic carbocycles. The lowest BCUT2D eigenvalue weighted by Gasteiger charge is -2.12. The lowest BCUT2D eigenvalue weighted by molar-refractivity contribution is 0.0950. The van der Waals surface area contributed by atoms with Gasteiger partial charge in [0.05, 0.1) is 0 Å². The van der Waals surface area contributed by atoms with E-state index < -0.39 is 0 Å². The van der Waals surface area contributed by atoms with Gasteiger partial charge in [0.15, 0.2) is 0 Å². The van der Waals surface area contributed by atoms with Crippen LogP contribution in [0.5, 0.6) is 0 Å². The molecule has 0 aliphatic heterocycles. The molecule has 100 valence electrons. The van der Waals surface area contributed by atoms with Gasteiger partial charge in [0, 0.05) is 18.2 Å². The Morgan fingerprint density at radius 2 is 2.06 bits per heavy atom. The van der Waals surface area contributed by atoms with Crippen LogP contribution in [0.2, 0.25) is 0 Å². The third-order valence-electron chi connectivity index (χ3n) is 3.42. The number of amides is 1. The summed E-state index contributed by atoms with van der Waals surface area (Å²) in [6.07, 6.45) is 3.49. The summed E-state index contributed by atoms with van der Waals surface area (Å²) in [6, 6.07) is 6.37. The summed E-state index contributed by atoms with van der Waals surface area (Å²) in [5.74, 6) is 0.0294. The van der Waals surface area contributed by atoms with Crippen LogP contribution in [0, 0.1) is 0 Å². The Bertz CT molecular complexity index is 420. The zero-order valence-electron chi connectivity index (χ0n) is 11.0. The van der Waals surface area contributed by atoms with E-state index in [0.717, 1.165) is 18.4 Å². The van der Waals surface area contributed by atoms with Gasteiger partial charge in [-0.2, -0.15) is 0 Å². The van der Waals surface area contributed by atoms with Gasteiger partial charge in [0.2, 0.25) is 0 Å². The van der Waals surface area contributed by atoms with E-state index >= 15 is 0 Å². The van der Waals surface area contributed by atoms with Gasteiger partial charge in [-0.15, -0.1) is 12.4 Å². The largest absolute Gasteiger partial charge is 0.350 e. The first-order valence-electron chi connectivity index (χ1n) is 6.28. The van der Waals surface area contributed by atoms with Crippen molar-refractivity contribution in [1.29, 1.82) is 0 Å². The Morgan fingerprint density at radius 3 is 2.78 bits per heavy atom. The van der Waals surface area contributed by atoms with Crippen molar-refractivity contribution in [2.75, 3.05) is 13.6 Å². The first-order valence-corrected chi connectivity index (χ1v) is 6.28. The van der Waals surface area contributed by atoms with Crippen LogP contribution in [0.4, 0.5) is 0 Å². The monoisotopic (exact) mass is 268 g/mol. The van der Waals surface area contributed by atoms with Gasteiger partial charge in [0.1, 0.15) is 0 Å². The fourth-order valence-electron chi connectivity index (χ4n) is 2.16. The van der Waals surface area contributed by atoms with Gasteiger partial charge in [-0.05, 0) is 56.5 Å². The predicted octanol–water partition coefficient (Wildman–Crippen LogP) is 1.93. The van der Waals surface area contributed by atoms with E-state index in [1.807, 2.05) is 26.1 Å². The first-order chi connectivity index (χ1) is 8.20. The molecule has 0 fully saturated rings. The topological polar surface area (TPSA) is 41.1 Å². The standard InChI is InChI=1S/C14H20N2O.ClH/c1-10(15-2)9-16-14(17)13-7-6-11-4-3-5-12(11)8-13;/h6-8,10,15H,3-5,9H2,1-2H3,(H,16,17);1H. The third-order valence-corrected chi connectivity index (χ3v) is 3.42. The minimum Gasteiger partial charge on any atom is -0.350 e. The Labute approximate surface area is 115 Å². The van der Waals surface area contributed by atoms with Crippen LogP contribution >= 0.6 is 12.4 Å². The lowest BCUT2D eigenvalue weighted by atomic mass is 10.1. The third kappa shape index (κ3) is 3.47. The highest BCUT2D eigenvalue weighted by Gasteiger charge is 2.13. The highest BCUT2D eigenvalue weighted by molar-refractivity contribution is 5.94. The molecule has 3 nitrogen and oxygen atoms in total. The van der Waals surface area contributed by atoms with Crippen molar-refractivity contribution in [3.63, 3.8) is 0 Å². The maximum Gasteiger partial charge on any atom is 0.251 e. The number of carbonyl (C=O) groups excluding carboxylic acids is 1. The molecule has 0 radical (unpaired) electrons. The summed E-state index contributed by atoms with van der Waals surface area (Å²) in [7, 11) is 1.90. The first kappa shape index (κ1) is 15.0. The van der Waals surface area contributed by atoms with Gasteiger partial charge < -0.3 is 10.6 Å². The molecule has 1 atom stereocenters. The van der Waals surface area contributed by atoms with Crippen LogP contribution < -0.4 is 10.6 Å². The summed E-state index contributed by atoms with van der Waals surface area (Å²) < 4.78 is 0. The smallest absolute Gasteiger partial charge is 0.251 e. The minimum atomic E-state index is 0. The average molecular weight is 269 g/mol. The number of hydrogen-bond donors (Lipinski definition) is 2. The second kappa shape index (κ2) is 6.76. The molecule has 0 aromatic heterocycles. The molecule has 1 aliphatic carbocycles. The second-order valence-corrected chi connectivity index (χ2v) is 4.74. The van der Waals surface area contributed by atoms with Crippen molar-refractivity contribution in [1.82, 2.24) is 10.6 Å². The van der Waals surface area contributed by atoms with E-state index in [2.05, 4.69) is 16.7 Å². The molecule has 4 heteroatoms. The normalized spacial score (nSPS) is 14.6. The van der Waals surface area contributed by atoms with Crippen molar-refractivity contribution in [3.05, 3.63) is 34.9 Å². The molecule has 0 spiro atoms. The molecular weight excluding hydrogens is 248 g/mol. The minimum absolute atomic E-state index is 0. The molecule has 1 amide bonds. The van der Waals surface area contributed by atoms with Crippen molar-refractivity contribution in [2.45, 2.75) is 32.2 Å². The van der Waals surface area contributed by atoms with Crippen LogP contribution in [-0.2, 0) is 12.8 Å². The summed E-state index contributed by atoms with van der Waals surface area (Å²) in [4.78, 5) is 11.9. The molecular formula is C14H21ClN2O. The van der Waals surface area contributed by atoms with E-state index in [1.165, 1.54) is 17.5 Å². The molecule has 0 saturated carbocycles. The molecule has 1 aliphatic rings. The lowest BCUT2D eigenvalue weighted by Crippen LogP contribution is -2.37. The SMILES string of the molecule is CNC(C)CNC(=O)c1ccc2c(c1)CCC2.Cl. The Kier molecular flexibility index (Phi) is 5.63. The van der Waals surface area contributed by atoms with Crippen molar-refractivity contribution >= 4 is 18.3 Å². The van der Waals surface area contributed by atoms with Crippen LogP contribution in [0.1, 0.15) is 34.8 Å². The molecule has 0 saturated heterocycles. The number of likely N-dealkylation sites (N-methyl/N-ethyl adjacent to an activating group) is 1. The summed E-state index contributed by atoms with van der Waals surface area (Å²) in [6.45, 7) is 2.70. The Balaban J connectivity index is 0.00000162. The highest BCUT2D eigenvalue weighted by atomic mass is 35.5. The summed E-state index contributed by atoms with van der Waals surface area (Å²) >= 11 is 0. The van der Waals surface area contributed by atoms with Crippen molar-refractivity contribution in [2.24, 2.45) is 0 Å². The van der Waals surface area contributed by atoms with Crippen molar-refractivity contribution < 1.29 is 4.79 Å². The van der Waals surface area contributed by atoms with E-state index in [9.17, 15) is 4.79 Å². The quantitative estimate of drug-likeness (QED) is 0.876. The second-order valence-electron chi connectivity index (χ2n) is 4.74. The van der Waals surface area contributed by atoms with Gasteiger partial charge in [-0.25, -0.2) is 0 Å². The average Bonchev–Trinajstić information content (AvgIpc) is 2.82. The number of hydrogen-bond acceptors (Lipinski definition) is 2. The number of fused-ring (bicyclic) bond motifs is 1. The van der Waals surface area contributed by atoms with Gasteiger partial charge in [0.25, 0.3) is 5.91 Å². The van der Waals surface area contributed by atoms with Gasteiger partial charge >= 0.3 is 0 Å². The molecule has 18 heavy (non-hydrogen) atoms. The Morgan fingerprint density at radius 1 is 1.33 bits per heavy atom. The van der Waals surface area contributed by atoms with Crippen LogP contribution in [0.3, 0.4) is 0 Å². The van der Waals surface area contributed by atoms with Crippen LogP contribution in [0.15, 0.2) is 18.2 Å². The molecule has 0 bridgehead atoms. The van der Waals surface area contributed by atoms with E-state index in [4.69, 9.17) is 0 Å².